The SMILES string of the molecule is Cc1cc(N)nc(-c2c(Cl)cc3c(N4CC5CCC(C4)N5)nc(OC(C)[C@]45CCCN4C[C@H](F)C5)nc3c2F)c1C(F)(F)F. The highest BCUT2D eigenvalue weighted by Gasteiger charge is 2.53. The summed E-state index contributed by atoms with van der Waals surface area (Å²) in [5, 5.41) is 3.52. The molecule has 8 nitrogen and oxygen atoms in total. The third-order valence-electron chi connectivity index (χ3n) is 9.81. The zero-order valence-corrected chi connectivity index (χ0v) is 25.1. The monoisotopic (exact) mass is 637 g/mol. The molecule has 1 aromatic carbocycles. The fraction of sp³-hybridized carbons (Fsp3) is 0.567. The Labute approximate surface area is 256 Å². The minimum absolute atomic E-state index is 0.130. The average Bonchev–Trinajstić information content (AvgIpc) is 3.58. The van der Waals surface area contributed by atoms with Gasteiger partial charge in [0.2, 0.25) is 0 Å². The van der Waals surface area contributed by atoms with E-state index in [9.17, 15) is 17.6 Å². The quantitative estimate of drug-likeness (QED) is 0.346. The normalized spacial score (nSPS) is 27.7. The van der Waals surface area contributed by atoms with Crippen molar-refractivity contribution in [2.75, 3.05) is 36.8 Å². The second kappa shape index (κ2) is 10.5. The predicted molar refractivity (Wildman–Crippen MR) is 157 cm³/mol. The Morgan fingerprint density at radius 1 is 1.14 bits per heavy atom. The van der Waals surface area contributed by atoms with Gasteiger partial charge >= 0.3 is 12.2 Å². The highest BCUT2D eigenvalue weighted by molar-refractivity contribution is 6.34. The van der Waals surface area contributed by atoms with Gasteiger partial charge < -0.3 is 20.7 Å². The van der Waals surface area contributed by atoms with Gasteiger partial charge in [-0.3, -0.25) is 4.90 Å². The maximum absolute atomic E-state index is 16.7. The third-order valence-corrected chi connectivity index (χ3v) is 10.1. The van der Waals surface area contributed by atoms with Crippen LogP contribution >= 0.6 is 11.6 Å². The minimum Gasteiger partial charge on any atom is -0.458 e. The molecule has 44 heavy (non-hydrogen) atoms. The number of nitrogens with zero attached hydrogens (tertiary/aromatic N) is 5. The molecule has 0 saturated carbocycles. The van der Waals surface area contributed by atoms with Crippen LogP contribution in [-0.2, 0) is 6.18 Å². The summed E-state index contributed by atoms with van der Waals surface area (Å²) in [7, 11) is 0. The highest BCUT2D eigenvalue weighted by Crippen LogP contribution is 2.46. The number of nitrogens with one attached hydrogen (secondary N) is 1. The second-order valence-corrected chi connectivity index (χ2v) is 13.0. The lowest BCUT2D eigenvalue weighted by atomic mass is 9.88. The molecule has 4 saturated heterocycles. The summed E-state index contributed by atoms with van der Waals surface area (Å²) in [5.41, 5.74) is 2.44. The van der Waals surface area contributed by atoms with Gasteiger partial charge in [0, 0.05) is 43.5 Å². The summed E-state index contributed by atoms with van der Waals surface area (Å²) < 4.78 is 80.3. The summed E-state index contributed by atoms with van der Waals surface area (Å²) in [6, 6.07) is 2.77. The van der Waals surface area contributed by atoms with E-state index in [1.54, 1.807) is 0 Å². The Morgan fingerprint density at radius 2 is 1.86 bits per heavy atom. The number of pyridine rings is 1. The largest absolute Gasteiger partial charge is 0.458 e. The van der Waals surface area contributed by atoms with Gasteiger partial charge in [0.15, 0.2) is 5.82 Å². The lowest BCUT2D eigenvalue weighted by Crippen LogP contribution is -2.51. The lowest BCUT2D eigenvalue weighted by molar-refractivity contribution is -0.137. The number of alkyl halides is 4. The Kier molecular flexibility index (Phi) is 7.09. The van der Waals surface area contributed by atoms with Gasteiger partial charge in [0.05, 0.1) is 27.4 Å². The number of rotatable bonds is 5. The first-order valence-electron chi connectivity index (χ1n) is 15.0. The van der Waals surface area contributed by atoms with E-state index in [2.05, 4.69) is 20.2 Å². The van der Waals surface area contributed by atoms with Gasteiger partial charge in [0.25, 0.3) is 0 Å². The summed E-state index contributed by atoms with van der Waals surface area (Å²) in [4.78, 5) is 17.2. The molecule has 6 heterocycles. The number of nitrogens with two attached hydrogens (primary N) is 1. The Hall–Kier alpha value is -3.03. The fourth-order valence-electron chi connectivity index (χ4n) is 7.92. The number of piperazine rings is 1. The number of ether oxygens (including phenoxy) is 1. The van der Waals surface area contributed by atoms with Crippen LogP contribution in [0, 0.1) is 12.7 Å². The van der Waals surface area contributed by atoms with Crippen LogP contribution in [0.5, 0.6) is 6.01 Å². The second-order valence-electron chi connectivity index (χ2n) is 12.6. The van der Waals surface area contributed by atoms with Gasteiger partial charge in [-0.1, -0.05) is 11.6 Å². The van der Waals surface area contributed by atoms with E-state index in [0.29, 0.717) is 31.9 Å². The topological polar surface area (TPSA) is 92.4 Å². The molecular formula is C30H33ClF5N7O. The van der Waals surface area contributed by atoms with Crippen LogP contribution in [0.4, 0.5) is 33.6 Å². The van der Waals surface area contributed by atoms with E-state index in [1.165, 1.54) is 13.0 Å². The van der Waals surface area contributed by atoms with Crippen LogP contribution in [0.25, 0.3) is 22.2 Å². The fourth-order valence-corrected chi connectivity index (χ4v) is 8.20. The first kappa shape index (κ1) is 29.7. The number of anilines is 2. The lowest BCUT2D eigenvalue weighted by Gasteiger charge is -2.37. The molecule has 4 aliphatic heterocycles. The number of aromatic nitrogens is 3. The molecular weight excluding hydrogens is 605 g/mol. The van der Waals surface area contributed by atoms with Gasteiger partial charge in [-0.05, 0) is 63.8 Å². The maximum atomic E-state index is 16.7. The number of hydrogen-bond acceptors (Lipinski definition) is 8. The zero-order valence-electron chi connectivity index (χ0n) is 24.3. The molecule has 0 radical (unpaired) electrons. The molecule has 5 atom stereocenters. The number of nitrogen functional groups attached to an aromatic ring is 1. The molecule has 2 aromatic heterocycles. The van der Waals surface area contributed by atoms with Crippen molar-refractivity contribution in [3.05, 3.63) is 34.1 Å². The summed E-state index contributed by atoms with van der Waals surface area (Å²) >= 11 is 6.59. The van der Waals surface area contributed by atoms with Crippen molar-refractivity contribution in [1.29, 1.82) is 0 Å². The molecule has 0 amide bonds. The Morgan fingerprint density at radius 3 is 2.57 bits per heavy atom. The molecule has 4 fully saturated rings. The molecule has 3 unspecified atom stereocenters. The molecule has 0 aliphatic carbocycles. The molecule has 7 rings (SSSR count). The number of aryl methyl sites for hydroxylation is 1. The van der Waals surface area contributed by atoms with Crippen LogP contribution in [-0.4, -0.2) is 75.9 Å². The van der Waals surface area contributed by atoms with Crippen molar-refractivity contribution in [1.82, 2.24) is 25.2 Å². The molecule has 3 N–H and O–H groups in total. The van der Waals surface area contributed by atoms with Crippen LogP contribution in [0.15, 0.2) is 12.1 Å². The van der Waals surface area contributed by atoms with Gasteiger partial charge in [-0.15, -0.1) is 0 Å². The van der Waals surface area contributed by atoms with Crippen LogP contribution in [0.2, 0.25) is 5.02 Å². The van der Waals surface area contributed by atoms with E-state index >= 15 is 4.39 Å². The first-order chi connectivity index (χ1) is 20.8. The number of halogens is 6. The highest BCUT2D eigenvalue weighted by atomic mass is 35.5. The first-order valence-corrected chi connectivity index (χ1v) is 15.3. The van der Waals surface area contributed by atoms with Crippen molar-refractivity contribution < 1.29 is 26.7 Å². The number of benzene rings is 1. The zero-order chi connectivity index (χ0) is 31.1. The summed E-state index contributed by atoms with van der Waals surface area (Å²) in [6.07, 6.45) is -2.45. The van der Waals surface area contributed by atoms with E-state index in [4.69, 9.17) is 27.1 Å². The van der Waals surface area contributed by atoms with Crippen LogP contribution in [0.1, 0.15) is 50.2 Å². The standard InChI is InChI=1S/C30H33ClF5N7O/c1-14-8-21(37)39-26(23(14)30(34,35)36)22-20(31)9-19-25(24(22)33)40-28(41-27(19)42-12-17-4-5-18(13-42)38-17)44-15(2)29-6-3-7-43(29)11-16(32)10-29/h8-9,15-18,38H,3-7,10-13H2,1-2H3,(H2,37,39)/t15?,16-,17?,18?,29-/m1/s1. The van der Waals surface area contributed by atoms with E-state index in [1.807, 2.05) is 11.8 Å². The molecule has 14 heteroatoms. The Balaban J connectivity index is 1.40. The smallest absolute Gasteiger partial charge is 0.418 e. The predicted octanol–water partition coefficient (Wildman–Crippen LogP) is 5.68. The van der Waals surface area contributed by atoms with Gasteiger partial charge in [0.1, 0.15) is 29.4 Å². The van der Waals surface area contributed by atoms with E-state index in [0.717, 1.165) is 38.3 Å². The molecule has 0 spiro atoms. The number of fused-ring (bicyclic) bond motifs is 4. The molecule has 4 aliphatic rings. The van der Waals surface area contributed by atoms with Crippen LogP contribution in [0.3, 0.4) is 0 Å². The third kappa shape index (κ3) is 4.82. The average molecular weight is 638 g/mol. The maximum Gasteiger partial charge on any atom is 0.418 e. The number of hydrogen-bond donors (Lipinski definition) is 2. The van der Waals surface area contributed by atoms with Crippen molar-refractivity contribution in [3.8, 4) is 17.3 Å². The summed E-state index contributed by atoms with van der Waals surface area (Å²) in [5.74, 6) is -0.909. The molecule has 2 bridgehead atoms. The van der Waals surface area contributed by atoms with Crippen LogP contribution < -0.4 is 20.7 Å². The minimum atomic E-state index is -4.85. The molecule has 236 valence electrons. The van der Waals surface area contributed by atoms with E-state index in [-0.39, 0.29) is 45.4 Å². The summed E-state index contributed by atoms with van der Waals surface area (Å²) in [6.45, 7) is 5.34. The molecule has 3 aromatic rings. The van der Waals surface area contributed by atoms with Gasteiger partial charge in [-0.2, -0.15) is 23.1 Å². The van der Waals surface area contributed by atoms with Gasteiger partial charge in [-0.25, -0.2) is 13.8 Å². The van der Waals surface area contributed by atoms with Crippen molar-refractivity contribution in [2.45, 2.75) is 82.0 Å². The van der Waals surface area contributed by atoms with Crippen molar-refractivity contribution >= 4 is 34.1 Å². The van der Waals surface area contributed by atoms with Crippen molar-refractivity contribution in [3.63, 3.8) is 0 Å². The van der Waals surface area contributed by atoms with E-state index < -0.39 is 46.6 Å². The Bertz CT molecular complexity index is 1630. The van der Waals surface area contributed by atoms with Crippen molar-refractivity contribution in [2.24, 2.45) is 0 Å².